The molecule has 1 aromatic heterocycles. The van der Waals surface area contributed by atoms with Crippen molar-refractivity contribution in [2.45, 2.75) is 41.8 Å². The van der Waals surface area contributed by atoms with Crippen LogP contribution in [0.5, 0.6) is 0 Å². The molecule has 12 heteroatoms. The number of hydrogen-bond acceptors (Lipinski definition) is 9. The number of carbonyl (C=O) groups is 3. The van der Waals surface area contributed by atoms with Gasteiger partial charge in [0.15, 0.2) is 4.34 Å². The van der Waals surface area contributed by atoms with Crippen molar-refractivity contribution >= 4 is 74.2 Å². The Morgan fingerprint density at radius 1 is 1.11 bits per heavy atom. The molecule has 2 fully saturated rings. The number of nitro groups is 1. The highest BCUT2D eigenvalue weighted by atomic mass is 32.2. The fourth-order valence-electron chi connectivity index (χ4n) is 5.68. The van der Waals surface area contributed by atoms with Gasteiger partial charge in [-0.1, -0.05) is 42.8 Å². The molecule has 3 amide bonds. The zero-order valence-electron chi connectivity index (χ0n) is 23.5. The smallest absolute Gasteiger partial charge is 0.283 e. The van der Waals surface area contributed by atoms with E-state index in [1.807, 2.05) is 19.1 Å². The summed E-state index contributed by atoms with van der Waals surface area (Å²) >= 11 is 2.43. The lowest BCUT2D eigenvalue weighted by atomic mass is 9.81. The molecular weight excluding hydrogens is 599 g/mol. The number of benzene rings is 3. The predicted molar refractivity (Wildman–Crippen MR) is 168 cm³/mol. The number of amides is 3. The Bertz CT molecular complexity index is 1900. The standard InChI is InChI=1S/C32H25N5O5S2/c1-18-5-4-6-21(13-18)34-29(38)20(17-33)14-19-9-12-27(26(15-19)37(41)42)43-32-35-25-11-10-22(16-28(25)44-32)36-30(39)23-7-2-3-8-24(23)31(36)40/h4-6,9-16,23-24H,2-3,7-8H2,1H3,(H,34,38)/b20-14+/t23-,24-/m0/s1. The summed E-state index contributed by atoms with van der Waals surface area (Å²) in [5.41, 5.74) is 2.58. The van der Waals surface area contributed by atoms with Crippen molar-refractivity contribution in [2.75, 3.05) is 10.2 Å². The first kappa shape index (κ1) is 29.2. The molecule has 2 heterocycles. The molecule has 3 aromatic carbocycles. The number of carbonyl (C=O) groups excluding carboxylic acids is 3. The SMILES string of the molecule is Cc1cccc(NC(=O)/C(C#N)=C/c2ccc(Sc3nc4ccc(N5C(=O)[C@H]6CCCC[C@@H]6C5=O)cc4s3)c([N+](=O)[O-])c2)c1. The van der Waals surface area contributed by atoms with Gasteiger partial charge in [0.1, 0.15) is 11.6 Å². The van der Waals surface area contributed by atoms with Crippen LogP contribution in [0.3, 0.4) is 0 Å². The molecule has 1 saturated heterocycles. The average molecular weight is 624 g/mol. The lowest BCUT2D eigenvalue weighted by Crippen LogP contribution is -2.30. The van der Waals surface area contributed by atoms with E-state index >= 15 is 0 Å². The summed E-state index contributed by atoms with van der Waals surface area (Å²) in [7, 11) is 0. The number of thiazole rings is 1. The predicted octanol–water partition coefficient (Wildman–Crippen LogP) is 6.89. The summed E-state index contributed by atoms with van der Waals surface area (Å²) < 4.78 is 1.30. The Hall–Kier alpha value is -4.86. The fraction of sp³-hybridized carbons (Fsp3) is 0.219. The maximum atomic E-state index is 13.1. The van der Waals surface area contributed by atoms with Crippen LogP contribution < -0.4 is 10.2 Å². The van der Waals surface area contributed by atoms with Gasteiger partial charge in [0.25, 0.3) is 11.6 Å². The molecule has 4 aromatic rings. The van der Waals surface area contributed by atoms with Crippen molar-refractivity contribution in [2.24, 2.45) is 11.8 Å². The maximum absolute atomic E-state index is 13.1. The van der Waals surface area contributed by atoms with Gasteiger partial charge in [0.05, 0.1) is 37.6 Å². The summed E-state index contributed by atoms with van der Waals surface area (Å²) in [5, 5.41) is 24.3. The van der Waals surface area contributed by atoms with E-state index in [0.717, 1.165) is 47.7 Å². The molecule has 44 heavy (non-hydrogen) atoms. The highest BCUT2D eigenvalue weighted by molar-refractivity contribution is 8.01. The van der Waals surface area contributed by atoms with Crippen molar-refractivity contribution < 1.29 is 19.3 Å². The number of aromatic nitrogens is 1. The van der Waals surface area contributed by atoms with Crippen molar-refractivity contribution in [3.8, 4) is 6.07 Å². The van der Waals surface area contributed by atoms with Gasteiger partial charge in [0, 0.05) is 11.8 Å². The van der Waals surface area contributed by atoms with Crippen LogP contribution >= 0.6 is 23.1 Å². The zero-order chi connectivity index (χ0) is 31.0. The number of nitrogens with zero attached hydrogens (tertiary/aromatic N) is 4. The zero-order valence-corrected chi connectivity index (χ0v) is 25.1. The van der Waals surface area contributed by atoms with Gasteiger partial charge in [-0.05, 0) is 73.4 Å². The van der Waals surface area contributed by atoms with Gasteiger partial charge in [-0.15, -0.1) is 11.3 Å². The molecule has 0 bridgehead atoms. The van der Waals surface area contributed by atoms with Crippen LogP contribution in [0, 0.1) is 40.2 Å². The quantitative estimate of drug-likeness (QED) is 0.0770. The second-order valence-corrected chi connectivity index (χ2v) is 13.0. The van der Waals surface area contributed by atoms with Gasteiger partial charge in [-0.2, -0.15) is 5.26 Å². The van der Waals surface area contributed by atoms with E-state index < -0.39 is 10.8 Å². The molecule has 2 atom stereocenters. The number of nitro benzene ring substituents is 1. The topological polar surface area (TPSA) is 146 Å². The molecule has 1 aliphatic carbocycles. The number of nitriles is 1. The van der Waals surface area contributed by atoms with E-state index in [4.69, 9.17) is 0 Å². The van der Waals surface area contributed by atoms with Crippen molar-refractivity contribution in [1.82, 2.24) is 4.98 Å². The van der Waals surface area contributed by atoms with Crippen LogP contribution in [-0.2, 0) is 14.4 Å². The minimum absolute atomic E-state index is 0.143. The van der Waals surface area contributed by atoms with Gasteiger partial charge < -0.3 is 5.32 Å². The molecule has 1 N–H and O–H groups in total. The lowest BCUT2D eigenvalue weighted by molar-refractivity contribution is -0.387. The van der Waals surface area contributed by atoms with Gasteiger partial charge in [-0.25, -0.2) is 4.98 Å². The number of aryl methyl sites for hydroxylation is 1. The number of nitrogens with one attached hydrogen (secondary N) is 1. The third kappa shape index (κ3) is 5.71. The Morgan fingerprint density at radius 3 is 2.55 bits per heavy atom. The van der Waals surface area contributed by atoms with Gasteiger partial charge in [0.2, 0.25) is 11.8 Å². The maximum Gasteiger partial charge on any atom is 0.283 e. The van der Waals surface area contributed by atoms with Crippen molar-refractivity contribution in [1.29, 1.82) is 5.26 Å². The molecule has 10 nitrogen and oxygen atoms in total. The molecule has 220 valence electrons. The Labute approximate surface area is 260 Å². The van der Waals surface area contributed by atoms with E-state index in [1.54, 1.807) is 48.5 Å². The second-order valence-electron chi connectivity index (χ2n) is 10.7. The fourth-order valence-corrected chi connectivity index (χ4v) is 7.82. The normalized spacial score (nSPS) is 18.3. The molecule has 1 saturated carbocycles. The second kappa shape index (κ2) is 12.0. The summed E-state index contributed by atoms with van der Waals surface area (Å²) in [6, 6.07) is 18.7. The van der Waals surface area contributed by atoms with Crippen LogP contribution in [0.25, 0.3) is 16.3 Å². The third-order valence-electron chi connectivity index (χ3n) is 7.78. The first-order valence-electron chi connectivity index (χ1n) is 14.0. The molecule has 0 radical (unpaired) electrons. The van der Waals surface area contributed by atoms with Crippen molar-refractivity contribution in [3.63, 3.8) is 0 Å². The van der Waals surface area contributed by atoms with Crippen LogP contribution in [0.15, 0.2) is 75.5 Å². The molecular formula is C32H25N5O5S2. The van der Waals surface area contributed by atoms with E-state index in [0.29, 0.717) is 31.7 Å². The average Bonchev–Trinajstić information content (AvgIpc) is 3.52. The van der Waals surface area contributed by atoms with Crippen LogP contribution in [-0.4, -0.2) is 27.6 Å². The van der Waals surface area contributed by atoms with Crippen molar-refractivity contribution in [3.05, 3.63) is 87.5 Å². The Kier molecular flexibility index (Phi) is 7.99. The highest BCUT2D eigenvalue weighted by Crippen LogP contribution is 2.43. The van der Waals surface area contributed by atoms with E-state index in [2.05, 4.69) is 10.3 Å². The number of anilines is 2. The number of fused-ring (bicyclic) bond motifs is 2. The lowest BCUT2D eigenvalue weighted by Gasteiger charge is -2.19. The first-order valence-corrected chi connectivity index (χ1v) is 15.6. The minimum atomic E-state index is -0.621. The summed E-state index contributed by atoms with van der Waals surface area (Å²) in [6.07, 6.45) is 4.69. The molecule has 0 spiro atoms. The Balaban J connectivity index is 1.23. The van der Waals surface area contributed by atoms with E-state index in [-0.39, 0.29) is 34.9 Å². The number of hydrogen-bond donors (Lipinski definition) is 1. The molecule has 2 aliphatic rings. The van der Waals surface area contributed by atoms with Crippen LogP contribution in [0.2, 0.25) is 0 Å². The van der Waals surface area contributed by atoms with E-state index in [9.17, 15) is 29.8 Å². The Morgan fingerprint density at radius 2 is 1.86 bits per heavy atom. The first-order chi connectivity index (χ1) is 21.2. The van der Waals surface area contributed by atoms with Crippen LogP contribution in [0.1, 0.15) is 36.8 Å². The minimum Gasteiger partial charge on any atom is -0.321 e. The summed E-state index contributed by atoms with van der Waals surface area (Å²) in [6.45, 7) is 1.88. The molecule has 1 aliphatic heterocycles. The molecule has 0 unspecified atom stereocenters. The summed E-state index contributed by atoms with van der Waals surface area (Å²) in [4.78, 5) is 56.5. The molecule has 6 rings (SSSR count). The third-order valence-corrected chi connectivity index (χ3v) is 9.92. The van der Waals surface area contributed by atoms with Crippen LogP contribution in [0.4, 0.5) is 17.1 Å². The summed E-state index contributed by atoms with van der Waals surface area (Å²) in [5.74, 6) is -1.40. The highest BCUT2D eigenvalue weighted by Gasteiger charge is 2.48. The number of rotatable bonds is 7. The number of imide groups is 1. The van der Waals surface area contributed by atoms with E-state index in [1.165, 1.54) is 28.4 Å². The monoisotopic (exact) mass is 623 g/mol. The van der Waals surface area contributed by atoms with Gasteiger partial charge >= 0.3 is 0 Å². The largest absolute Gasteiger partial charge is 0.321 e. The van der Waals surface area contributed by atoms with Gasteiger partial charge in [-0.3, -0.25) is 29.4 Å².